The fourth-order valence-electron chi connectivity index (χ4n) is 1.15. The smallest absolute Gasteiger partial charge is 0.320 e. The second-order valence-electron chi connectivity index (χ2n) is 3.02. The summed E-state index contributed by atoms with van der Waals surface area (Å²) in [7, 11) is 0. The first-order valence-corrected chi connectivity index (χ1v) is 4.24. The van der Waals surface area contributed by atoms with Crippen molar-refractivity contribution in [1.82, 2.24) is 4.98 Å². The Morgan fingerprint density at radius 2 is 2.20 bits per heavy atom. The van der Waals surface area contributed by atoms with E-state index in [0.29, 0.717) is 5.56 Å². The van der Waals surface area contributed by atoms with Crippen LogP contribution in [0.25, 0.3) is 0 Å². The third-order valence-electron chi connectivity index (χ3n) is 1.88. The summed E-state index contributed by atoms with van der Waals surface area (Å²) in [5, 5.41) is 8.61. The van der Waals surface area contributed by atoms with Crippen molar-refractivity contribution in [3.8, 4) is 0 Å². The van der Waals surface area contributed by atoms with Crippen LogP contribution >= 0.6 is 0 Å². The highest BCUT2D eigenvalue weighted by molar-refractivity contribution is 5.92. The molecule has 0 aliphatic carbocycles. The molecule has 15 heavy (non-hydrogen) atoms. The Balaban J connectivity index is 2.94. The lowest BCUT2D eigenvalue weighted by Crippen LogP contribution is -2.33. The van der Waals surface area contributed by atoms with E-state index in [4.69, 9.17) is 16.6 Å². The lowest BCUT2D eigenvalue weighted by Gasteiger charge is -2.08. The monoisotopic (exact) mass is 209 g/mol. The second kappa shape index (κ2) is 4.52. The molecule has 0 saturated carbocycles. The quantitative estimate of drug-likeness (QED) is 0.595. The van der Waals surface area contributed by atoms with E-state index in [9.17, 15) is 9.59 Å². The molecule has 5 N–H and O–H groups in total. The van der Waals surface area contributed by atoms with Gasteiger partial charge in [0.2, 0.25) is 0 Å². The lowest BCUT2D eigenvalue weighted by atomic mass is 10.0. The van der Waals surface area contributed by atoms with Crippen LogP contribution in [0.2, 0.25) is 0 Å². The molecule has 1 aromatic heterocycles. The summed E-state index contributed by atoms with van der Waals surface area (Å²) in [5.41, 5.74) is 10.9. The van der Waals surface area contributed by atoms with Crippen LogP contribution in [-0.4, -0.2) is 28.0 Å². The molecule has 0 saturated heterocycles. The maximum absolute atomic E-state index is 10.9. The van der Waals surface area contributed by atoms with Gasteiger partial charge in [0.15, 0.2) is 0 Å². The van der Waals surface area contributed by atoms with Gasteiger partial charge in [-0.25, -0.2) is 0 Å². The lowest BCUT2D eigenvalue weighted by molar-refractivity contribution is -0.138. The number of rotatable bonds is 4. The molecule has 1 rings (SSSR count). The summed E-state index contributed by atoms with van der Waals surface area (Å²) >= 11 is 0. The molecule has 6 nitrogen and oxygen atoms in total. The maximum atomic E-state index is 10.9. The minimum Gasteiger partial charge on any atom is -0.480 e. The zero-order chi connectivity index (χ0) is 11.4. The van der Waals surface area contributed by atoms with Crippen LogP contribution in [0.1, 0.15) is 16.1 Å². The molecule has 1 unspecified atom stereocenters. The molecule has 80 valence electrons. The van der Waals surface area contributed by atoms with E-state index in [1.54, 1.807) is 12.1 Å². The molecule has 0 radical (unpaired) electrons. The molecular formula is C9H11N3O3. The molecular weight excluding hydrogens is 198 g/mol. The van der Waals surface area contributed by atoms with Crippen molar-refractivity contribution >= 4 is 11.9 Å². The zero-order valence-electron chi connectivity index (χ0n) is 7.88. The van der Waals surface area contributed by atoms with E-state index >= 15 is 0 Å². The molecule has 6 heteroatoms. The van der Waals surface area contributed by atoms with Crippen molar-refractivity contribution in [2.45, 2.75) is 12.5 Å². The van der Waals surface area contributed by atoms with Gasteiger partial charge in [0.25, 0.3) is 5.91 Å². The number of carbonyl (C=O) groups excluding carboxylic acids is 1. The van der Waals surface area contributed by atoms with Crippen LogP contribution < -0.4 is 11.5 Å². The van der Waals surface area contributed by atoms with Gasteiger partial charge in [-0.2, -0.15) is 0 Å². The highest BCUT2D eigenvalue weighted by atomic mass is 16.4. The maximum Gasteiger partial charge on any atom is 0.320 e. The third kappa shape index (κ3) is 2.75. The number of amides is 1. The molecule has 1 amide bonds. The summed E-state index contributed by atoms with van der Waals surface area (Å²) in [6.45, 7) is 0. The largest absolute Gasteiger partial charge is 0.480 e. The Kier molecular flexibility index (Phi) is 3.35. The number of carbonyl (C=O) groups is 2. The van der Waals surface area contributed by atoms with Crippen molar-refractivity contribution in [2.24, 2.45) is 11.5 Å². The number of aromatic nitrogens is 1. The predicted molar refractivity (Wildman–Crippen MR) is 52.1 cm³/mol. The highest BCUT2D eigenvalue weighted by Crippen LogP contribution is 2.07. The molecule has 0 aliphatic rings. The van der Waals surface area contributed by atoms with Crippen LogP contribution in [0.15, 0.2) is 18.3 Å². The van der Waals surface area contributed by atoms with Crippen LogP contribution in [0.3, 0.4) is 0 Å². The molecule has 0 fully saturated rings. The van der Waals surface area contributed by atoms with Gasteiger partial charge in [-0.15, -0.1) is 0 Å². The number of nitrogens with zero attached hydrogens (tertiary/aromatic N) is 1. The molecule has 0 aromatic carbocycles. The van der Waals surface area contributed by atoms with Crippen molar-refractivity contribution < 1.29 is 14.7 Å². The Morgan fingerprint density at radius 3 is 2.73 bits per heavy atom. The number of carboxylic acid groups (broad SMARTS) is 1. The first-order chi connectivity index (χ1) is 7.02. The summed E-state index contributed by atoms with van der Waals surface area (Å²) in [6.07, 6.45) is 1.44. The Labute approximate surface area is 85.9 Å². The Bertz CT molecular complexity index is 392. The van der Waals surface area contributed by atoms with Gasteiger partial charge in [0.05, 0.1) is 0 Å². The molecule has 1 heterocycles. The average molecular weight is 209 g/mol. The number of nitrogens with two attached hydrogens (primary N) is 2. The van der Waals surface area contributed by atoms with Gasteiger partial charge in [0.1, 0.15) is 11.7 Å². The number of aliphatic carboxylic acids is 1. The van der Waals surface area contributed by atoms with Crippen molar-refractivity contribution in [1.29, 1.82) is 0 Å². The standard InChI is InChI=1S/C9H11N3O3/c10-6(9(14)15)4-5-2-1-3-12-7(5)8(11)13/h1-3,6H,4,10H2,(H2,11,13)(H,14,15). The number of hydrogen-bond donors (Lipinski definition) is 3. The normalized spacial score (nSPS) is 12.1. The van der Waals surface area contributed by atoms with E-state index in [-0.39, 0.29) is 12.1 Å². The first-order valence-electron chi connectivity index (χ1n) is 4.24. The summed E-state index contributed by atoms with van der Waals surface area (Å²) < 4.78 is 0. The number of carboxylic acids is 1. The SMILES string of the molecule is NC(=O)c1ncccc1CC(N)C(=O)O. The van der Waals surface area contributed by atoms with Crippen LogP contribution in [0.5, 0.6) is 0 Å². The van der Waals surface area contributed by atoms with Crippen LogP contribution in [-0.2, 0) is 11.2 Å². The Morgan fingerprint density at radius 1 is 1.53 bits per heavy atom. The fraction of sp³-hybridized carbons (Fsp3) is 0.222. The van der Waals surface area contributed by atoms with Gasteiger partial charge in [-0.1, -0.05) is 6.07 Å². The summed E-state index contributed by atoms with van der Waals surface area (Å²) in [5.74, 6) is -1.82. The van der Waals surface area contributed by atoms with Crippen molar-refractivity contribution in [3.05, 3.63) is 29.6 Å². The predicted octanol–water partition coefficient (Wildman–Crippen LogP) is -0.865. The molecule has 0 bridgehead atoms. The number of pyridine rings is 1. The van der Waals surface area contributed by atoms with Gasteiger partial charge in [-0.05, 0) is 11.6 Å². The molecule has 0 spiro atoms. The van der Waals surface area contributed by atoms with E-state index in [1.165, 1.54) is 6.20 Å². The minimum atomic E-state index is -1.13. The Hall–Kier alpha value is -1.95. The first kappa shape index (κ1) is 11.1. The summed E-state index contributed by atoms with van der Waals surface area (Å²) in [4.78, 5) is 25.2. The van der Waals surface area contributed by atoms with Crippen LogP contribution in [0.4, 0.5) is 0 Å². The molecule has 1 aromatic rings. The van der Waals surface area contributed by atoms with E-state index < -0.39 is 17.9 Å². The van der Waals surface area contributed by atoms with Gasteiger partial charge < -0.3 is 16.6 Å². The van der Waals surface area contributed by atoms with E-state index in [1.807, 2.05) is 0 Å². The van der Waals surface area contributed by atoms with Gasteiger partial charge in [-0.3, -0.25) is 14.6 Å². The summed E-state index contributed by atoms with van der Waals surface area (Å²) in [6, 6.07) is 2.11. The number of primary amides is 1. The molecule has 0 aliphatic heterocycles. The second-order valence-corrected chi connectivity index (χ2v) is 3.02. The van der Waals surface area contributed by atoms with Crippen molar-refractivity contribution in [3.63, 3.8) is 0 Å². The zero-order valence-corrected chi connectivity index (χ0v) is 7.88. The fourth-order valence-corrected chi connectivity index (χ4v) is 1.15. The van der Waals surface area contributed by atoms with E-state index in [0.717, 1.165) is 0 Å². The minimum absolute atomic E-state index is 0.0292. The third-order valence-corrected chi connectivity index (χ3v) is 1.88. The number of hydrogen-bond acceptors (Lipinski definition) is 4. The van der Waals surface area contributed by atoms with E-state index in [2.05, 4.69) is 4.98 Å². The average Bonchev–Trinajstić information content (AvgIpc) is 2.18. The van der Waals surface area contributed by atoms with Crippen molar-refractivity contribution in [2.75, 3.05) is 0 Å². The highest BCUT2D eigenvalue weighted by Gasteiger charge is 2.16. The van der Waals surface area contributed by atoms with Crippen LogP contribution in [0, 0.1) is 0 Å². The van der Waals surface area contributed by atoms with Gasteiger partial charge in [0, 0.05) is 12.6 Å². The van der Waals surface area contributed by atoms with Gasteiger partial charge >= 0.3 is 5.97 Å². The molecule has 1 atom stereocenters. The topological polar surface area (TPSA) is 119 Å².